The number of carboxylic acid groups (broad SMARTS) is 1. The maximum Gasteiger partial charge on any atom is 0.310 e. The molecule has 0 aromatic carbocycles. The Balaban J connectivity index is 3.03. The van der Waals surface area contributed by atoms with Crippen LogP contribution in [0.3, 0.4) is 0 Å². The van der Waals surface area contributed by atoms with Crippen LogP contribution in [0.25, 0.3) is 0 Å². The molecule has 80 valence electrons. The third-order valence-electron chi connectivity index (χ3n) is 3.61. The summed E-state index contributed by atoms with van der Waals surface area (Å²) >= 11 is 11.1. The highest BCUT2D eigenvalue weighted by Crippen LogP contribution is 2.71. The summed E-state index contributed by atoms with van der Waals surface area (Å²) in [7, 11) is 0. The minimum atomic E-state index is -0.763. The lowest BCUT2D eigenvalue weighted by Gasteiger charge is -2.11. The molecule has 0 bridgehead atoms. The Labute approximate surface area is 93.9 Å². The van der Waals surface area contributed by atoms with E-state index in [1.54, 1.807) is 6.08 Å². The molecule has 1 aliphatic carbocycles. The highest BCUT2D eigenvalue weighted by molar-refractivity contribution is 6.55. The molecule has 1 saturated carbocycles. The van der Waals surface area contributed by atoms with Crippen molar-refractivity contribution in [3.63, 3.8) is 0 Å². The number of halogens is 2. The molecule has 1 aliphatic rings. The standard InChI is InChI=1S/C10H14Cl2O2/c1-4-10(8(13)14)6(5-7(11)12)9(10,2)3/h5-6H,4H2,1-3H3,(H,13,14)/t6-,10-/m0/s1. The fraction of sp³-hybridized carbons (Fsp3) is 0.700. The number of allylic oxidation sites excluding steroid dienone is 1. The molecule has 0 saturated heterocycles. The summed E-state index contributed by atoms with van der Waals surface area (Å²) in [5.74, 6) is -0.830. The molecular weight excluding hydrogens is 223 g/mol. The summed E-state index contributed by atoms with van der Waals surface area (Å²) in [6.07, 6.45) is 2.23. The predicted molar refractivity (Wildman–Crippen MR) is 57.4 cm³/mol. The lowest BCUT2D eigenvalue weighted by molar-refractivity contribution is -0.145. The number of carbonyl (C=O) groups is 1. The average Bonchev–Trinajstić information content (AvgIpc) is 2.48. The molecule has 2 atom stereocenters. The topological polar surface area (TPSA) is 37.3 Å². The highest BCUT2D eigenvalue weighted by Gasteiger charge is 2.73. The Kier molecular flexibility index (Phi) is 2.90. The van der Waals surface area contributed by atoms with E-state index in [2.05, 4.69) is 0 Å². The SMILES string of the molecule is CC[C@@]1(C(=O)O)[C@@H](C=C(Cl)Cl)C1(C)C. The Hall–Kier alpha value is -0.210. The summed E-state index contributed by atoms with van der Waals surface area (Å²) in [4.78, 5) is 11.2. The van der Waals surface area contributed by atoms with E-state index in [1.807, 2.05) is 20.8 Å². The molecule has 2 nitrogen and oxygen atoms in total. The van der Waals surface area contributed by atoms with Crippen molar-refractivity contribution in [1.29, 1.82) is 0 Å². The molecule has 0 aliphatic heterocycles. The van der Waals surface area contributed by atoms with Crippen molar-refractivity contribution >= 4 is 29.2 Å². The highest BCUT2D eigenvalue weighted by atomic mass is 35.5. The molecule has 0 amide bonds. The van der Waals surface area contributed by atoms with Gasteiger partial charge in [-0.1, -0.05) is 44.0 Å². The van der Waals surface area contributed by atoms with Crippen molar-refractivity contribution in [1.82, 2.24) is 0 Å². The summed E-state index contributed by atoms with van der Waals surface area (Å²) in [5.41, 5.74) is -0.954. The molecule has 0 radical (unpaired) electrons. The normalized spacial score (nSPS) is 33.6. The zero-order valence-corrected chi connectivity index (χ0v) is 9.99. The third kappa shape index (κ3) is 1.36. The lowest BCUT2D eigenvalue weighted by Crippen LogP contribution is -2.20. The van der Waals surface area contributed by atoms with Gasteiger partial charge in [-0.15, -0.1) is 0 Å². The van der Waals surface area contributed by atoms with Gasteiger partial charge in [0.1, 0.15) is 4.49 Å². The van der Waals surface area contributed by atoms with Crippen LogP contribution in [0.1, 0.15) is 27.2 Å². The van der Waals surface area contributed by atoms with Gasteiger partial charge in [0.15, 0.2) is 0 Å². The quantitative estimate of drug-likeness (QED) is 0.816. The summed E-state index contributed by atoms with van der Waals surface area (Å²) in [6, 6.07) is 0. The van der Waals surface area contributed by atoms with E-state index < -0.39 is 11.4 Å². The second kappa shape index (κ2) is 3.42. The lowest BCUT2D eigenvalue weighted by atomic mass is 9.93. The molecule has 14 heavy (non-hydrogen) atoms. The Bertz CT molecular complexity index is 292. The zero-order chi connectivity index (χ0) is 11.1. The number of hydrogen-bond acceptors (Lipinski definition) is 1. The summed E-state index contributed by atoms with van der Waals surface area (Å²) in [6.45, 7) is 5.75. The molecular formula is C10H14Cl2O2. The van der Waals surface area contributed by atoms with Gasteiger partial charge in [0.05, 0.1) is 5.41 Å². The van der Waals surface area contributed by atoms with E-state index in [4.69, 9.17) is 23.2 Å². The first-order chi connectivity index (χ1) is 6.30. The molecule has 1 rings (SSSR count). The van der Waals surface area contributed by atoms with Crippen molar-refractivity contribution in [2.75, 3.05) is 0 Å². The molecule has 0 unspecified atom stereocenters. The van der Waals surface area contributed by atoms with Gasteiger partial charge in [-0.2, -0.15) is 0 Å². The van der Waals surface area contributed by atoms with Gasteiger partial charge in [-0.05, 0) is 17.9 Å². The smallest absolute Gasteiger partial charge is 0.310 e. The van der Waals surface area contributed by atoms with Crippen LogP contribution in [0.2, 0.25) is 0 Å². The predicted octanol–water partition coefficient (Wildman–Crippen LogP) is 3.44. The number of hydrogen-bond donors (Lipinski definition) is 1. The van der Waals surface area contributed by atoms with E-state index in [1.165, 1.54) is 0 Å². The molecule has 0 heterocycles. The van der Waals surface area contributed by atoms with E-state index in [0.717, 1.165) is 0 Å². The first-order valence-corrected chi connectivity index (χ1v) is 5.32. The van der Waals surface area contributed by atoms with Gasteiger partial charge in [-0.25, -0.2) is 0 Å². The number of rotatable bonds is 3. The van der Waals surface area contributed by atoms with Gasteiger partial charge in [0.2, 0.25) is 0 Å². The van der Waals surface area contributed by atoms with Crippen molar-refractivity contribution in [2.24, 2.45) is 16.7 Å². The first-order valence-electron chi connectivity index (χ1n) is 4.57. The molecule has 4 heteroatoms. The minimum absolute atomic E-state index is 0.0671. The van der Waals surface area contributed by atoms with Crippen molar-refractivity contribution < 1.29 is 9.90 Å². The van der Waals surface area contributed by atoms with Gasteiger partial charge < -0.3 is 5.11 Å². The monoisotopic (exact) mass is 236 g/mol. The van der Waals surface area contributed by atoms with Crippen LogP contribution < -0.4 is 0 Å². The van der Waals surface area contributed by atoms with Crippen LogP contribution in [0, 0.1) is 16.7 Å². The van der Waals surface area contributed by atoms with Gasteiger partial charge in [0.25, 0.3) is 0 Å². The number of carboxylic acids is 1. The van der Waals surface area contributed by atoms with Crippen molar-refractivity contribution in [3.8, 4) is 0 Å². The van der Waals surface area contributed by atoms with Gasteiger partial charge >= 0.3 is 5.97 Å². The molecule has 0 aromatic rings. The second-order valence-electron chi connectivity index (χ2n) is 4.29. The Morgan fingerprint density at radius 2 is 2.00 bits per heavy atom. The molecule has 0 spiro atoms. The third-order valence-corrected chi connectivity index (χ3v) is 3.86. The van der Waals surface area contributed by atoms with Crippen LogP contribution in [0.5, 0.6) is 0 Å². The van der Waals surface area contributed by atoms with Crippen LogP contribution in [0.15, 0.2) is 10.6 Å². The second-order valence-corrected chi connectivity index (χ2v) is 5.29. The maximum atomic E-state index is 11.2. The van der Waals surface area contributed by atoms with E-state index in [9.17, 15) is 9.90 Å². The van der Waals surface area contributed by atoms with E-state index in [0.29, 0.717) is 6.42 Å². The van der Waals surface area contributed by atoms with Gasteiger partial charge in [0, 0.05) is 5.92 Å². The molecule has 1 N–H and O–H groups in total. The van der Waals surface area contributed by atoms with Crippen molar-refractivity contribution in [2.45, 2.75) is 27.2 Å². The summed E-state index contributed by atoms with van der Waals surface area (Å²) < 4.78 is 0.152. The summed E-state index contributed by atoms with van der Waals surface area (Å²) in [5, 5.41) is 9.21. The maximum absolute atomic E-state index is 11.2. The minimum Gasteiger partial charge on any atom is -0.481 e. The van der Waals surface area contributed by atoms with Crippen molar-refractivity contribution in [3.05, 3.63) is 10.6 Å². The zero-order valence-electron chi connectivity index (χ0n) is 8.47. The largest absolute Gasteiger partial charge is 0.481 e. The average molecular weight is 237 g/mol. The molecule has 1 fully saturated rings. The van der Waals surface area contributed by atoms with E-state index >= 15 is 0 Å². The number of aliphatic carboxylic acids is 1. The van der Waals surface area contributed by atoms with Crippen LogP contribution in [-0.2, 0) is 4.79 Å². The molecule has 0 aromatic heterocycles. The fourth-order valence-corrected chi connectivity index (χ4v) is 2.86. The van der Waals surface area contributed by atoms with Crippen LogP contribution in [-0.4, -0.2) is 11.1 Å². The Morgan fingerprint density at radius 3 is 2.21 bits per heavy atom. The van der Waals surface area contributed by atoms with E-state index in [-0.39, 0.29) is 15.8 Å². The van der Waals surface area contributed by atoms with Gasteiger partial charge in [-0.3, -0.25) is 4.79 Å². The first kappa shape index (κ1) is 11.9. The van der Waals surface area contributed by atoms with Crippen LogP contribution >= 0.6 is 23.2 Å². The fourth-order valence-electron chi connectivity index (χ4n) is 2.61. The Morgan fingerprint density at radius 1 is 1.50 bits per heavy atom. The van der Waals surface area contributed by atoms with Crippen LogP contribution in [0.4, 0.5) is 0 Å².